The molecule has 16 heteroatoms. The van der Waals surface area contributed by atoms with Gasteiger partial charge in [0.25, 0.3) is 5.91 Å². The fourth-order valence-electron chi connectivity index (χ4n) is 3.09. The zero-order valence-electron chi connectivity index (χ0n) is 16.5. The third-order valence-electron chi connectivity index (χ3n) is 4.78. The Balaban J connectivity index is 1.57. The van der Waals surface area contributed by atoms with Crippen LogP contribution in [-0.2, 0) is 24.0 Å². The number of fused-ring (bicyclic) bond motifs is 1. The van der Waals surface area contributed by atoms with E-state index in [0.717, 1.165) is 0 Å². The van der Waals surface area contributed by atoms with E-state index in [2.05, 4.69) is 15.3 Å². The highest BCUT2D eigenvalue weighted by molar-refractivity contribution is 7.98. The topological polar surface area (TPSA) is 214 Å². The van der Waals surface area contributed by atoms with Crippen LogP contribution in [0.25, 0.3) is 0 Å². The molecule has 3 aliphatic rings. The maximum Gasteiger partial charge on any atom is 0.362 e. The van der Waals surface area contributed by atoms with E-state index >= 15 is 0 Å². The van der Waals surface area contributed by atoms with Gasteiger partial charge in [0.2, 0.25) is 0 Å². The lowest BCUT2D eigenvalue weighted by Crippen LogP contribution is -2.47. The summed E-state index contributed by atoms with van der Waals surface area (Å²) in [7, 11) is -4.50. The Morgan fingerprint density at radius 1 is 1.48 bits per heavy atom. The molecule has 6 atom stereocenters. The molecule has 174 valence electrons. The Hall–Kier alpha value is -1.95. The number of hydrogen-bond donors (Lipinski definition) is 6. The van der Waals surface area contributed by atoms with E-state index in [1.54, 1.807) is 4.72 Å². The zero-order chi connectivity index (χ0) is 22.8. The molecule has 8 N–H and O–H groups in total. The summed E-state index contributed by atoms with van der Waals surface area (Å²) in [5, 5.41) is 23.4. The van der Waals surface area contributed by atoms with E-state index in [-0.39, 0.29) is 5.82 Å². The highest BCUT2D eigenvalue weighted by Gasteiger charge is 2.49. The molecule has 3 rings (SSSR count). The molecular weight excluding hydrogens is 454 g/mol. The molecule has 0 aromatic rings. The third kappa shape index (κ3) is 5.28. The van der Waals surface area contributed by atoms with Gasteiger partial charge < -0.3 is 36.6 Å². The monoisotopic (exact) mass is 479 g/mol. The molecule has 0 radical (unpaired) electrons. The van der Waals surface area contributed by atoms with Gasteiger partial charge in [-0.05, 0) is 18.4 Å². The van der Waals surface area contributed by atoms with Crippen molar-refractivity contribution in [2.24, 2.45) is 21.5 Å². The molecule has 0 unspecified atom stereocenters. The summed E-state index contributed by atoms with van der Waals surface area (Å²) in [6.07, 6.45) is -1.01. The lowest BCUT2D eigenvalue weighted by molar-refractivity contribution is -0.120. The van der Waals surface area contributed by atoms with Crippen LogP contribution in [0.1, 0.15) is 6.42 Å². The van der Waals surface area contributed by atoms with Gasteiger partial charge in [-0.15, -0.1) is 0 Å². The van der Waals surface area contributed by atoms with Crippen molar-refractivity contribution in [3.63, 3.8) is 0 Å². The molecule has 14 nitrogen and oxygen atoms in total. The first-order chi connectivity index (χ1) is 14.6. The van der Waals surface area contributed by atoms with E-state index in [1.807, 2.05) is 6.26 Å². The SMILES string of the molecule is CSCC[C@H](N)C(=O)NS(=O)(=O)OC[C@H]1O[C@@H](N2C=NC3=C(N)NC=N[C@@H]32)[C@H](O)[C@@H]1O. The van der Waals surface area contributed by atoms with Crippen molar-refractivity contribution in [1.82, 2.24) is 14.9 Å². The maximum absolute atomic E-state index is 12.0. The molecule has 1 fully saturated rings. The molecule has 1 amide bonds. The van der Waals surface area contributed by atoms with E-state index in [1.165, 1.54) is 29.3 Å². The van der Waals surface area contributed by atoms with Crippen LogP contribution in [0.2, 0.25) is 0 Å². The van der Waals surface area contributed by atoms with Crippen molar-refractivity contribution in [3.8, 4) is 0 Å². The summed E-state index contributed by atoms with van der Waals surface area (Å²) < 4.78 is 36.1. The number of nitrogens with one attached hydrogen (secondary N) is 2. The second-order valence-corrected chi connectivity index (χ2v) is 9.26. The van der Waals surface area contributed by atoms with Gasteiger partial charge in [0.05, 0.1) is 25.3 Å². The first-order valence-electron chi connectivity index (χ1n) is 9.21. The number of ether oxygens (including phenoxy) is 1. The number of aliphatic hydroxyl groups excluding tert-OH is 2. The van der Waals surface area contributed by atoms with Crippen molar-refractivity contribution in [2.75, 3.05) is 18.6 Å². The molecular formula is C15H25N7O7S2. The lowest BCUT2D eigenvalue weighted by Gasteiger charge is -2.30. The van der Waals surface area contributed by atoms with Gasteiger partial charge >= 0.3 is 10.3 Å². The number of rotatable bonds is 9. The molecule has 0 aliphatic carbocycles. The molecule has 31 heavy (non-hydrogen) atoms. The minimum Gasteiger partial charge on any atom is -0.387 e. The molecule has 0 aromatic heterocycles. The van der Waals surface area contributed by atoms with Crippen molar-refractivity contribution >= 4 is 40.7 Å². The average Bonchev–Trinajstić information content (AvgIpc) is 3.27. The van der Waals surface area contributed by atoms with Crippen molar-refractivity contribution in [3.05, 3.63) is 11.5 Å². The Bertz CT molecular complexity index is 881. The summed E-state index contributed by atoms with van der Waals surface area (Å²) in [4.78, 5) is 21.6. The number of hydrogen-bond acceptors (Lipinski definition) is 14. The minimum absolute atomic E-state index is 0.282. The van der Waals surface area contributed by atoms with Gasteiger partial charge in [-0.3, -0.25) is 8.98 Å². The molecule has 3 heterocycles. The van der Waals surface area contributed by atoms with Gasteiger partial charge in [-0.1, -0.05) is 0 Å². The number of aliphatic hydroxyl groups is 2. The largest absolute Gasteiger partial charge is 0.387 e. The van der Waals surface area contributed by atoms with E-state index in [0.29, 0.717) is 17.9 Å². The number of nitrogens with zero attached hydrogens (tertiary/aromatic N) is 3. The van der Waals surface area contributed by atoms with Gasteiger partial charge in [0.1, 0.15) is 29.8 Å². The quantitative estimate of drug-likeness (QED) is 0.189. The lowest BCUT2D eigenvalue weighted by atomic mass is 10.1. The maximum atomic E-state index is 12.0. The third-order valence-corrected chi connectivity index (χ3v) is 6.32. The number of aliphatic imine (C=N–C) groups is 2. The molecule has 1 saturated heterocycles. The van der Waals surface area contributed by atoms with Crippen molar-refractivity contribution in [1.29, 1.82) is 0 Å². The van der Waals surface area contributed by atoms with E-state index in [9.17, 15) is 23.4 Å². The number of carbonyl (C=O) groups excluding carboxylic acids is 1. The Labute approximate surface area is 183 Å². The fourth-order valence-corrected chi connectivity index (χ4v) is 4.35. The van der Waals surface area contributed by atoms with Crippen molar-refractivity contribution < 1.29 is 32.3 Å². The number of thioether (sulfide) groups is 1. The fraction of sp³-hybridized carbons (Fsp3) is 0.667. The predicted octanol–water partition coefficient (Wildman–Crippen LogP) is -3.68. The van der Waals surface area contributed by atoms with Gasteiger partial charge in [-0.25, -0.2) is 14.7 Å². The first kappa shape index (κ1) is 23.7. The van der Waals surface area contributed by atoms with Crippen molar-refractivity contribution in [2.45, 2.75) is 43.2 Å². The summed E-state index contributed by atoms with van der Waals surface area (Å²) in [5.74, 6) is -0.0431. The predicted molar refractivity (Wildman–Crippen MR) is 112 cm³/mol. The van der Waals surface area contributed by atoms with Crippen LogP contribution in [0.15, 0.2) is 21.5 Å². The van der Waals surface area contributed by atoms with Crippen LogP contribution in [0, 0.1) is 0 Å². The second kappa shape index (κ2) is 9.68. The Morgan fingerprint density at radius 3 is 2.94 bits per heavy atom. The molecule has 0 aromatic carbocycles. The van der Waals surface area contributed by atoms with E-state index in [4.69, 9.17) is 20.4 Å². The number of amides is 1. The summed E-state index contributed by atoms with van der Waals surface area (Å²) >= 11 is 1.47. The summed E-state index contributed by atoms with van der Waals surface area (Å²) in [6, 6.07) is -1.01. The molecule has 0 saturated carbocycles. The average molecular weight is 480 g/mol. The second-order valence-electron chi connectivity index (χ2n) is 6.93. The van der Waals surface area contributed by atoms with Crippen LogP contribution in [0.5, 0.6) is 0 Å². The Kier molecular flexibility index (Phi) is 7.40. The summed E-state index contributed by atoms with van der Waals surface area (Å²) in [5.41, 5.74) is 11.8. The molecule has 0 bridgehead atoms. The van der Waals surface area contributed by atoms with E-state index < -0.39 is 59.6 Å². The normalized spacial score (nSPS) is 31.0. The van der Waals surface area contributed by atoms with Crippen LogP contribution >= 0.6 is 11.8 Å². The highest BCUT2D eigenvalue weighted by atomic mass is 32.2. The molecule has 3 aliphatic heterocycles. The minimum atomic E-state index is -4.50. The first-order valence-corrected chi connectivity index (χ1v) is 12.0. The van der Waals surface area contributed by atoms with Crippen LogP contribution in [0.4, 0.5) is 0 Å². The van der Waals surface area contributed by atoms with Crippen LogP contribution in [0.3, 0.4) is 0 Å². The van der Waals surface area contributed by atoms with Gasteiger partial charge in [0.15, 0.2) is 12.4 Å². The van der Waals surface area contributed by atoms with Gasteiger partial charge in [-0.2, -0.15) is 20.2 Å². The highest BCUT2D eigenvalue weighted by Crippen LogP contribution is 2.31. The number of carbonyl (C=O) groups is 1. The smallest absolute Gasteiger partial charge is 0.362 e. The number of nitrogens with two attached hydrogens (primary N) is 2. The van der Waals surface area contributed by atoms with Crippen LogP contribution in [-0.4, -0.2) is 97.5 Å². The summed E-state index contributed by atoms with van der Waals surface area (Å²) in [6.45, 7) is -0.650. The Morgan fingerprint density at radius 2 is 2.23 bits per heavy atom. The molecule has 0 spiro atoms. The zero-order valence-corrected chi connectivity index (χ0v) is 18.1. The van der Waals surface area contributed by atoms with Gasteiger partial charge in [0, 0.05) is 0 Å². The standard InChI is InChI=1S/C15H25N7O7S2/c1-30-3-2-7(16)14(25)21-31(26,27)28-4-8-10(23)11(24)15(29-8)22-6-20-9-12(17)18-5-19-13(9)22/h5-8,10-11,13,15,23-24H,2-4,16-17H2,1H3,(H,18,19)(H,21,25)/t7-,8+,10+,11+,13+,15+/m0/s1. The van der Waals surface area contributed by atoms with Crippen LogP contribution < -0.4 is 21.5 Å².